The fourth-order valence-corrected chi connectivity index (χ4v) is 4.02. The quantitative estimate of drug-likeness (QED) is 0.290. The lowest BCUT2D eigenvalue weighted by molar-refractivity contribution is -0.137. The van der Waals surface area contributed by atoms with Crippen molar-refractivity contribution >= 4 is 23.1 Å². The summed E-state index contributed by atoms with van der Waals surface area (Å²) in [6, 6.07) is 12.5. The third-order valence-corrected chi connectivity index (χ3v) is 5.78. The Labute approximate surface area is 203 Å². The molecule has 0 radical (unpaired) electrons. The van der Waals surface area contributed by atoms with E-state index in [1.807, 2.05) is 0 Å². The van der Waals surface area contributed by atoms with Crippen molar-refractivity contribution in [3.63, 3.8) is 0 Å². The van der Waals surface area contributed by atoms with Crippen LogP contribution in [-0.4, -0.2) is 36.1 Å². The number of halogens is 3. The van der Waals surface area contributed by atoms with E-state index in [9.17, 15) is 33.0 Å². The van der Waals surface area contributed by atoms with Crippen LogP contribution in [0.3, 0.4) is 0 Å². The maximum Gasteiger partial charge on any atom is 0.416 e. The molecular weight excluding hydrogens is 479 g/mol. The molecular formula is C26H20F3NO6. The number of aromatic hydroxyl groups is 1. The SMILES string of the molecule is COc1ccc(/C(O)=C2/C(=O)C(=O)N(c3ccc(C(F)(F)F)cc3)C2c2ccc(O)cc2)cc1OC. The molecule has 1 unspecified atom stereocenters. The third-order valence-electron chi connectivity index (χ3n) is 5.78. The number of ether oxygens (including phenoxy) is 2. The van der Waals surface area contributed by atoms with E-state index in [1.165, 1.54) is 56.7 Å². The summed E-state index contributed by atoms with van der Waals surface area (Å²) in [5, 5.41) is 20.9. The molecule has 0 bridgehead atoms. The van der Waals surface area contributed by atoms with Gasteiger partial charge in [-0.15, -0.1) is 0 Å². The summed E-state index contributed by atoms with van der Waals surface area (Å²) in [5.74, 6) is -2.02. The first-order valence-electron chi connectivity index (χ1n) is 10.6. The highest BCUT2D eigenvalue weighted by molar-refractivity contribution is 6.51. The number of Topliss-reactive ketones (excluding diaryl/α,β-unsaturated/α-hetero) is 1. The minimum atomic E-state index is -4.59. The Balaban J connectivity index is 1.90. The minimum absolute atomic E-state index is 0.0227. The van der Waals surface area contributed by atoms with Gasteiger partial charge in [0, 0.05) is 11.3 Å². The number of aliphatic hydroxyl groups excluding tert-OH is 1. The van der Waals surface area contributed by atoms with Crippen molar-refractivity contribution in [3.8, 4) is 17.2 Å². The fraction of sp³-hybridized carbons (Fsp3) is 0.154. The Hall–Kier alpha value is -4.47. The van der Waals surface area contributed by atoms with E-state index in [-0.39, 0.29) is 28.3 Å². The zero-order valence-electron chi connectivity index (χ0n) is 19.0. The Morgan fingerprint density at radius 2 is 1.50 bits per heavy atom. The number of hydrogen-bond donors (Lipinski definition) is 2. The molecule has 10 heteroatoms. The number of phenolic OH excluding ortho intramolecular Hbond substituents is 1. The third kappa shape index (κ3) is 4.33. The molecule has 1 fully saturated rings. The van der Waals surface area contributed by atoms with Gasteiger partial charge >= 0.3 is 6.18 Å². The Morgan fingerprint density at radius 3 is 2.06 bits per heavy atom. The molecule has 0 spiro atoms. The fourth-order valence-electron chi connectivity index (χ4n) is 4.02. The first-order chi connectivity index (χ1) is 17.1. The highest BCUT2D eigenvalue weighted by Crippen LogP contribution is 2.43. The smallest absolute Gasteiger partial charge is 0.416 e. The predicted molar refractivity (Wildman–Crippen MR) is 124 cm³/mol. The van der Waals surface area contributed by atoms with Crippen LogP contribution in [-0.2, 0) is 15.8 Å². The van der Waals surface area contributed by atoms with Gasteiger partial charge in [-0.05, 0) is 60.2 Å². The molecule has 2 N–H and O–H groups in total. The highest BCUT2D eigenvalue weighted by Gasteiger charge is 2.47. The molecule has 3 aromatic carbocycles. The number of methoxy groups -OCH3 is 2. The van der Waals surface area contributed by atoms with E-state index in [0.29, 0.717) is 11.3 Å². The van der Waals surface area contributed by atoms with Gasteiger partial charge in [0.15, 0.2) is 11.5 Å². The number of alkyl halides is 3. The number of nitrogens with zero attached hydrogens (tertiary/aromatic N) is 1. The lowest BCUT2D eigenvalue weighted by Gasteiger charge is -2.26. The highest BCUT2D eigenvalue weighted by atomic mass is 19.4. The van der Waals surface area contributed by atoms with Gasteiger partial charge in [-0.2, -0.15) is 13.2 Å². The molecule has 1 saturated heterocycles. The topological polar surface area (TPSA) is 96.3 Å². The van der Waals surface area contributed by atoms with Gasteiger partial charge in [-0.1, -0.05) is 12.1 Å². The van der Waals surface area contributed by atoms with E-state index in [1.54, 1.807) is 0 Å². The zero-order chi connectivity index (χ0) is 26.2. The molecule has 1 aliphatic heterocycles. The molecule has 1 heterocycles. The number of phenols is 1. The minimum Gasteiger partial charge on any atom is -0.508 e. The lowest BCUT2D eigenvalue weighted by atomic mass is 9.95. The number of carbonyl (C=O) groups is 2. The zero-order valence-corrected chi connectivity index (χ0v) is 19.0. The molecule has 0 aliphatic carbocycles. The van der Waals surface area contributed by atoms with Crippen molar-refractivity contribution in [2.24, 2.45) is 0 Å². The standard InChI is InChI=1S/C26H20F3NO6/c1-35-19-12-5-15(13-20(19)36-2)23(32)21-22(14-3-10-18(31)11-4-14)30(25(34)24(21)33)17-8-6-16(7-9-17)26(27,28)29/h3-13,22,31-32H,1-2H3/b23-21-. The Morgan fingerprint density at radius 1 is 0.889 bits per heavy atom. The van der Waals surface area contributed by atoms with Crippen molar-refractivity contribution in [3.05, 3.63) is 89.0 Å². The van der Waals surface area contributed by atoms with Gasteiger partial charge in [0.2, 0.25) is 0 Å². The largest absolute Gasteiger partial charge is 0.508 e. The van der Waals surface area contributed by atoms with Gasteiger partial charge in [0.05, 0.1) is 31.4 Å². The summed E-state index contributed by atoms with van der Waals surface area (Å²) < 4.78 is 49.6. The molecule has 1 atom stereocenters. The summed E-state index contributed by atoms with van der Waals surface area (Å²) >= 11 is 0. The predicted octanol–water partition coefficient (Wildman–Crippen LogP) is 5.05. The second-order valence-electron chi connectivity index (χ2n) is 7.88. The maximum absolute atomic E-state index is 13.2. The average molecular weight is 499 g/mol. The molecule has 3 aromatic rings. The van der Waals surface area contributed by atoms with Crippen molar-refractivity contribution < 1.29 is 42.4 Å². The van der Waals surface area contributed by atoms with Crippen molar-refractivity contribution in [2.45, 2.75) is 12.2 Å². The van der Waals surface area contributed by atoms with Gasteiger partial charge in [-0.3, -0.25) is 14.5 Å². The Bertz CT molecular complexity index is 1350. The van der Waals surface area contributed by atoms with Crippen LogP contribution in [0.5, 0.6) is 17.2 Å². The van der Waals surface area contributed by atoms with Crippen LogP contribution < -0.4 is 14.4 Å². The molecule has 186 valence electrons. The number of rotatable bonds is 5. The van der Waals surface area contributed by atoms with Crippen LogP contribution in [0.4, 0.5) is 18.9 Å². The second-order valence-corrected chi connectivity index (χ2v) is 7.88. The van der Waals surface area contributed by atoms with Crippen LogP contribution in [0.15, 0.2) is 72.3 Å². The maximum atomic E-state index is 13.2. The number of anilines is 1. The molecule has 36 heavy (non-hydrogen) atoms. The van der Waals surface area contributed by atoms with Crippen LogP contribution >= 0.6 is 0 Å². The van der Waals surface area contributed by atoms with E-state index in [0.717, 1.165) is 29.2 Å². The van der Waals surface area contributed by atoms with Crippen LogP contribution in [0, 0.1) is 0 Å². The first kappa shape index (κ1) is 24.6. The van der Waals surface area contributed by atoms with Crippen LogP contribution in [0.25, 0.3) is 5.76 Å². The van der Waals surface area contributed by atoms with Gasteiger partial charge in [0.1, 0.15) is 11.5 Å². The number of hydrogen-bond acceptors (Lipinski definition) is 6. The number of ketones is 1. The summed E-state index contributed by atoms with van der Waals surface area (Å²) in [7, 11) is 2.82. The normalized spacial score (nSPS) is 17.4. The van der Waals surface area contributed by atoms with Crippen molar-refractivity contribution in [2.75, 3.05) is 19.1 Å². The molecule has 1 aliphatic rings. The lowest BCUT2D eigenvalue weighted by Crippen LogP contribution is -2.29. The molecule has 4 rings (SSSR count). The van der Waals surface area contributed by atoms with E-state index in [4.69, 9.17) is 9.47 Å². The monoisotopic (exact) mass is 499 g/mol. The van der Waals surface area contributed by atoms with Gasteiger partial charge in [-0.25, -0.2) is 0 Å². The Kier molecular flexibility index (Phi) is 6.36. The van der Waals surface area contributed by atoms with Crippen molar-refractivity contribution in [1.29, 1.82) is 0 Å². The first-order valence-corrected chi connectivity index (χ1v) is 10.6. The average Bonchev–Trinajstić information content (AvgIpc) is 3.13. The number of aliphatic hydroxyl groups is 1. The molecule has 0 saturated carbocycles. The van der Waals surface area contributed by atoms with E-state index >= 15 is 0 Å². The molecule has 0 aromatic heterocycles. The summed E-state index contributed by atoms with van der Waals surface area (Å²) in [5.41, 5.74) is -0.683. The van der Waals surface area contributed by atoms with Crippen molar-refractivity contribution in [1.82, 2.24) is 0 Å². The van der Waals surface area contributed by atoms with E-state index in [2.05, 4.69) is 0 Å². The summed E-state index contributed by atoms with van der Waals surface area (Å²) in [6.45, 7) is 0. The molecule has 7 nitrogen and oxygen atoms in total. The number of amides is 1. The number of carbonyl (C=O) groups excluding carboxylic acids is 2. The van der Waals surface area contributed by atoms with Gasteiger partial charge in [0.25, 0.3) is 11.7 Å². The number of benzene rings is 3. The van der Waals surface area contributed by atoms with Gasteiger partial charge < -0.3 is 19.7 Å². The van der Waals surface area contributed by atoms with Crippen LogP contribution in [0.1, 0.15) is 22.7 Å². The molecule has 1 amide bonds. The van der Waals surface area contributed by atoms with E-state index < -0.39 is 35.2 Å². The summed E-state index contributed by atoms with van der Waals surface area (Å²) in [4.78, 5) is 27.3. The van der Waals surface area contributed by atoms with Crippen LogP contribution in [0.2, 0.25) is 0 Å². The second kappa shape index (κ2) is 9.29. The summed E-state index contributed by atoms with van der Waals surface area (Å²) in [6.07, 6.45) is -4.59.